The highest BCUT2D eigenvalue weighted by molar-refractivity contribution is 6.06. The molecule has 0 atom stereocenters. The zero-order chi connectivity index (χ0) is 18.5. The molecule has 2 amide bonds. The molecule has 0 aliphatic rings. The lowest BCUT2D eigenvalue weighted by Crippen LogP contribution is -2.13. The van der Waals surface area contributed by atoms with Crippen LogP contribution in [0.1, 0.15) is 26.6 Å². The van der Waals surface area contributed by atoms with E-state index in [1.54, 1.807) is 56.5 Å². The Balaban J connectivity index is 1.67. The van der Waals surface area contributed by atoms with Crippen molar-refractivity contribution in [2.24, 2.45) is 0 Å². The van der Waals surface area contributed by atoms with Gasteiger partial charge in [-0.1, -0.05) is 17.3 Å². The Bertz CT molecular complexity index is 932. The Hall–Kier alpha value is -3.61. The normalized spacial score (nSPS) is 10.2. The lowest BCUT2D eigenvalue weighted by molar-refractivity contribution is 0.0986. The second-order valence-electron chi connectivity index (χ2n) is 5.52. The number of para-hydroxylation sites is 2. The quantitative estimate of drug-likeness (QED) is 0.734. The summed E-state index contributed by atoms with van der Waals surface area (Å²) in [4.78, 5) is 24.4. The van der Waals surface area contributed by atoms with E-state index >= 15 is 0 Å². The van der Waals surface area contributed by atoms with E-state index in [9.17, 15) is 9.59 Å². The maximum absolute atomic E-state index is 12.4. The maximum Gasteiger partial charge on any atom is 0.294 e. The fourth-order valence-electron chi connectivity index (χ4n) is 2.31. The third-order valence-electron chi connectivity index (χ3n) is 3.61. The molecule has 2 N–H and O–H groups in total. The minimum absolute atomic E-state index is 0.125. The van der Waals surface area contributed by atoms with Crippen molar-refractivity contribution in [3.8, 4) is 5.75 Å². The molecule has 0 saturated carbocycles. The van der Waals surface area contributed by atoms with Crippen molar-refractivity contribution in [1.29, 1.82) is 0 Å². The number of nitrogens with one attached hydrogen (secondary N) is 2. The number of aromatic nitrogens is 1. The van der Waals surface area contributed by atoms with Crippen LogP contribution in [0.3, 0.4) is 0 Å². The van der Waals surface area contributed by atoms with Crippen molar-refractivity contribution >= 4 is 23.2 Å². The van der Waals surface area contributed by atoms with Gasteiger partial charge in [-0.05, 0) is 43.3 Å². The lowest BCUT2D eigenvalue weighted by atomic mass is 10.2. The third-order valence-corrected chi connectivity index (χ3v) is 3.61. The zero-order valence-electron chi connectivity index (χ0n) is 14.3. The Morgan fingerprint density at radius 1 is 1.00 bits per heavy atom. The van der Waals surface area contributed by atoms with Crippen LogP contribution < -0.4 is 15.4 Å². The van der Waals surface area contributed by atoms with Gasteiger partial charge in [0, 0.05) is 17.3 Å². The minimum atomic E-state index is -0.406. The Morgan fingerprint density at radius 3 is 2.38 bits per heavy atom. The highest BCUT2D eigenvalue weighted by Gasteiger charge is 2.13. The number of anilines is 2. The fraction of sp³-hybridized carbons (Fsp3) is 0.105. The van der Waals surface area contributed by atoms with Crippen LogP contribution in [-0.4, -0.2) is 24.1 Å². The fourth-order valence-corrected chi connectivity index (χ4v) is 2.31. The van der Waals surface area contributed by atoms with Crippen molar-refractivity contribution in [2.45, 2.75) is 6.92 Å². The van der Waals surface area contributed by atoms with E-state index in [1.807, 2.05) is 12.1 Å². The van der Waals surface area contributed by atoms with Crippen molar-refractivity contribution in [2.75, 3.05) is 17.7 Å². The van der Waals surface area contributed by atoms with E-state index in [1.165, 1.54) is 0 Å². The number of rotatable bonds is 5. The number of methoxy groups -OCH3 is 1. The number of amides is 2. The van der Waals surface area contributed by atoms with Gasteiger partial charge in [0.05, 0.1) is 18.5 Å². The molecule has 1 aromatic heterocycles. The van der Waals surface area contributed by atoms with Gasteiger partial charge in [0.1, 0.15) is 5.75 Å². The number of benzene rings is 2. The molecule has 0 radical (unpaired) electrons. The summed E-state index contributed by atoms with van der Waals surface area (Å²) in [6.45, 7) is 1.73. The number of carbonyl (C=O) groups excluding carboxylic acids is 2. The zero-order valence-corrected chi connectivity index (χ0v) is 14.3. The molecule has 0 spiro atoms. The summed E-state index contributed by atoms with van der Waals surface area (Å²) in [7, 11) is 1.54. The summed E-state index contributed by atoms with van der Waals surface area (Å²) in [5.41, 5.74) is 2.19. The molecular formula is C19H17N3O4. The van der Waals surface area contributed by atoms with E-state index < -0.39 is 5.91 Å². The minimum Gasteiger partial charge on any atom is -0.495 e. The first-order valence-corrected chi connectivity index (χ1v) is 7.86. The Kier molecular flexibility index (Phi) is 4.98. The van der Waals surface area contributed by atoms with Gasteiger partial charge in [0.25, 0.3) is 11.8 Å². The molecule has 0 aliphatic carbocycles. The molecule has 0 unspecified atom stereocenters. The van der Waals surface area contributed by atoms with Gasteiger partial charge >= 0.3 is 0 Å². The number of ether oxygens (including phenoxy) is 1. The third kappa shape index (κ3) is 3.89. The molecule has 2 aromatic carbocycles. The van der Waals surface area contributed by atoms with Crippen LogP contribution in [0.5, 0.6) is 5.75 Å². The van der Waals surface area contributed by atoms with E-state index in [-0.39, 0.29) is 11.7 Å². The summed E-state index contributed by atoms with van der Waals surface area (Å²) in [5.74, 6) is 0.0163. The summed E-state index contributed by atoms with van der Waals surface area (Å²) in [6, 6.07) is 15.2. The number of hydrogen-bond acceptors (Lipinski definition) is 5. The molecule has 1 heterocycles. The van der Waals surface area contributed by atoms with Gasteiger partial charge in [-0.2, -0.15) is 0 Å². The molecule has 0 bridgehead atoms. The first-order chi connectivity index (χ1) is 12.6. The average Bonchev–Trinajstić information content (AvgIpc) is 3.09. The second kappa shape index (κ2) is 7.52. The van der Waals surface area contributed by atoms with Crippen LogP contribution in [0.15, 0.2) is 59.1 Å². The van der Waals surface area contributed by atoms with Crippen molar-refractivity contribution in [1.82, 2.24) is 5.16 Å². The highest BCUT2D eigenvalue weighted by Crippen LogP contribution is 2.24. The van der Waals surface area contributed by atoms with Crippen molar-refractivity contribution < 1.29 is 18.8 Å². The molecule has 0 fully saturated rings. The van der Waals surface area contributed by atoms with E-state index in [4.69, 9.17) is 9.26 Å². The molecule has 26 heavy (non-hydrogen) atoms. The van der Waals surface area contributed by atoms with Crippen LogP contribution in [0.2, 0.25) is 0 Å². The van der Waals surface area contributed by atoms with Gasteiger partial charge in [0.15, 0.2) is 0 Å². The summed E-state index contributed by atoms with van der Waals surface area (Å²) in [6.07, 6.45) is 0. The van der Waals surface area contributed by atoms with Crippen molar-refractivity contribution in [3.05, 3.63) is 71.6 Å². The van der Waals surface area contributed by atoms with E-state index in [0.29, 0.717) is 28.4 Å². The summed E-state index contributed by atoms with van der Waals surface area (Å²) >= 11 is 0. The molecule has 0 saturated heterocycles. The van der Waals surface area contributed by atoms with Gasteiger partial charge in [-0.25, -0.2) is 0 Å². The van der Waals surface area contributed by atoms with Crippen LogP contribution in [0.25, 0.3) is 0 Å². The Labute approximate surface area is 150 Å². The van der Waals surface area contributed by atoms with Gasteiger partial charge in [-0.15, -0.1) is 0 Å². The van der Waals surface area contributed by atoms with Crippen LogP contribution in [-0.2, 0) is 0 Å². The predicted octanol–water partition coefficient (Wildman–Crippen LogP) is 3.50. The Morgan fingerprint density at radius 2 is 1.73 bits per heavy atom. The highest BCUT2D eigenvalue weighted by atomic mass is 16.5. The summed E-state index contributed by atoms with van der Waals surface area (Å²) < 4.78 is 10.1. The first kappa shape index (κ1) is 17.2. The lowest BCUT2D eigenvalue weighted by Gasteiger charge is -2.10. The standard InChI is InChI=1S/C19H17N3O4/c1-12-11-17(26-22-12)19(24)20-14-9-7-13(8-10-14)18(23)21-15-5-3-4-6-16(15)25-2/h3-11H,1-2H3,(H,20,24)(H,21,23). The molecule has 3 rings (SSSR count). The van der Waals surface area contributed by atoms with Crippen LogP contribution >= 0.6 is 0 Å². The molecule has 7 heteroatoms. The van der Waals surface area contributed by atoms with Gasteiger partial charge in [-0.3, -0.25) is 9.59 Å². The van der Waals surface area contributed by atoms with Crippen molar-refractivity contribution in [3.63, 3.8) is 0 Å². The summed E-state index contributed by atoms with van der Waals surface area (Å²) in [5, 5.41) is 9.14. The molecule has 0 aliphatic heterocycles. The molecular weight excluding hydrogens is 334 g/mol. The SMILES string of the molecule is COc1ccccc1NC(=O)c1ccc(NC(=O)c2cc(C)no2)cc1. The average molecular weight is 351 g/mol. The number of nitrogens with zero attached hydrogens (tertiary/aromatic N) is 1. The smallest absolute Gasteiger partial charge is 0.294 e. The van der Waals surface area contributed by atoms with Crippen LogP contribution in [0.4, 0.5) is 11.4 Å². The maximum atomic E-state index is 12.4. The van der Waals surface area contributed by atoms with Crippen LogP contribution in [0, 0.1) is 6.92 Å². The topological polar surface area (TPSA) is 93.5 Å². The number of hydrogen-bond donors (Lipinski definition) is 2. The largest absolute Gasteiger partial charge is 0.495 e. The molecule has 7 nitrogen and oxygen atoms in total. The van der Waals surface area contributed by atoms with E-state index in [2.05, 4.69) is 15.8 Å². The monoisotopic (exact) mass is 351 g/mol. The first-order valence-electron chi connectivity index (χ1n) is 7.86. The second-order valence-corrected chi connectivity index (χ2v) is 5.52. The number of aryl methyl sites for hydroxylation is 1. The van der Waals surface area contributed by atoms with Gasteiger partial charge in [0.2, 0.25) is 5.76 Å². The predicted molar refractivity (Wildman–Crippen MR) is 96.6 cm³/mol. The molecule has 3 aromatic rings. The molecule has 132 valence electrons. The van der Waals surface area contributed by atoms with E-state index in [0.717, 1.165) is 0 Å². The van der Waals surface area contributed by atoms with Gasteiger partial charge < -0.3 is 19.9 Å². The number of carbonyl (C=O) groups is 2.